The van der Waals surface area contributed by atoms with Crippen molar-refractivity contribution < 1.29 is 14.3 Å². The second-order valence-corrected chi connectivity index (χ2v) is 2.49. The van der Waals surface area contributed by atoms with Crippen molar-refractivity contribution in [3.05, 3.63) is 30.0 Å². The van der Waals surface area contributed by atoms with E-state index in [0.29, 0.717) is 11.9 Å². The highest BCUT2D eigenvalue weighted by Gasteiger charge is 2.02. The van der Waals surface area contributed by atoms with Crippen molar-refractivity contribution >= 4 is 17.3 Å². The molecule has 2 aromatic rings. The number of aldehydes is 1. The maximum atomic E-state index is 10.3. The van der Waals surface area contributed by atoms with Crippen LogP contribution in [0.25, 0.3) is 11.0 Å². The number of carbonyl (C=O) groups excluding carboxylic acids is 1. The van der Waals surface area contributed by atoms with Crippen LogP contribution in [0.5, 0.6) is 5.75 Å². The molecule has 1 N–H and O–H groups in total. The SMILES string of the molecule is O=Cc1cc2cc(O)ccc2o1. The van der Waals surface area contributed by atoms with Gasteiger partial charge in [0.2, 0.25) is 0 Å². The van der Waals surface area contributed by atoms with Gasteiger partial charge in [0.1, 0.15) is 11.3 Å². The van der Waals surface area contributed by atoms with E-state index in [9.17, 15) is 4.79 Å². The molecule has 3 heteroatoms. The van der Waals surface area contributed by atoms with Gasteiger partial charge in [-0.1, -0.05) is 0 Å². The van der Waals surface area contributed by atoms with Crippen molar-refractivity contribution in [2.24, 2.45) is 0 Å². The van der Waals surface area contributed by atoms with Gasteiger partial charge >= 0.3 is 0 Å². The summed E-state index contributed by atoms with van der Waals surface area (Å²) in [5.41, 5.74) is 0.606. The maximum Gasteiger partial charge on any atom is 0.185 e. The first kappa shape index (κ1) is 6.91. The fourth-order valence-electron chi connectivity index (χ4n) is 1.11. The smallest absolute Gasteiger partial charge is 0.185 e. The van der Waals surface area contributed by atoms with E-state index in [4.69, 9.17) is 9.52 Å². The first-order valence-corrected chi connectivity index (χ1v) is 3.47. The van der Waals surface area contributed by atoms with Gasteiger partial charge in [-0.25, -0.2) is 0 Å². The van der Waals surface area contributed by atoms with Crippen LogP contribution in [0.15, 0.2) is 28.7 Å². The fourth-order valence-corrected chi connectivity index (χ4v) is 1.11. The molecule has 60 valence electrons. The highest BCUT2D eigenvalue weighted by Crippen LogP contribution is 2.22. The molecule has 1 aromatic carbocycles. The summed E-state index contributed by atoms with van der Waals surface area (Å²) >= 11 is 0. The summed E-state index contributed by atoms with van der Waals surface area (Å²) in [5, 5.41) is 9.82. The predicted octanol–water partition coefficient (Wildman–Crippen LogP) is 1.95. The van der Waals surface area contributed by atoms with Crippen molar-refractivity contribution in [1.82, 2.24) is 0 Å². The van der Waals surface area contributed by atoms with Gasteiger partial charge in [0.15, 0.2) is 12.0 Å². The molecular formula is C9H6O3. The lowest BCUT2D eigenvalue weighted by Gasteiger charge is -1.88. The third kappa shape index (κ3) is 0.955. The average molecular weight is 162 g/mol. The van der Waals surface area contributed by atoms with E-state index < -0.39 is 0 Å². The maximum absolute atomic E-state index is 10.3. The fraction of sp³-hybridized carbons (Fsp3) is 0. The molecule has 0 fully saturated rings. The van der Waals surface area contributed by atoms with Gasteiger partial charge in [0, 0.05) is 5.39 Å². The summed E-state index contributed by atoms with van der Waals surface area (Å²) in [5.74, 6) is 0.441. The second kappa shape index (κ2) is 2.37. The van der Waals surface area contributed by atoms with Gasteiger partial charge in [-0.05, 0) is 24.3 Å². The summed E-state index contributed by atoms with van der Waals surface area (Å²) in [6, 6.07) is 6.27. The lowest BCUT2D eigenvalue weighted by Crippen LogP contribution is -1.65. The Morgan fingerprint density at radius 3 is 2.92 bits per heavy atom. The number of phenolic OH excluding ortho intramolecular Hbond substituents is 1. The van der Waals surface area contributed by atoms with E-state index >= 15 is 0 Å². The van der Waals surface area contributed by atoms with E-state index in [1.165, 1.54) is 6.07 Å². The van der Waals surface area contributed by atoms with Crippen LogP contribution >= 0.6 is 0 Å². The number of hydrogen-bond acceptors (Lipinski definition) is 3. The number of fused-ring (bicyclic) bond motifs is 1. The number of benzene rings is 1. The molecule has 0 saturated carbocycles. The third-order valence-electron chi connectivity index (χ3n) is 1.64. The molecular weight excluding hydrogens is 156 g/mol. The van der Waals surface area contributed by atoms with Crippen molar-refractivity contribution in [3.63, 3.8) is 0 Å². The van der Waals surface area contributed by atoms with Gasteiger partial charge in [-0.2, -0.15) is 0 Å². The zero-order valence-corrected chi connectivity index (χ0v) is 6.15. The molecule has 1 heterocycles. The zero-order valence-electron chi connectivity index (χ0n) is 6.15. The van der Waals surface area contributed by atoms with Crippen LogP contribution in [0, 0.1) is 0 Å². The van der Waals surface area contributed by atoms with E-state index in [2.05, 4.69) is 0 Å². The summed E-state index contributed by atoms with van der Waals surface area (Å²) in [4.78, 5) is 10.3. The Morgan fingerprint density at radius 1 is 1.33 bits per heavy atom. The van der Waals surface area contributed by atoms with Gasteiger partial charge < -0.3 is 9.52 Å². The third-order valence-corrected chi connectivity index (χ3v) is 1.64. The topological polar surface area (TPSA) is 50.4 Å². The first-order valence-electron chi connectivity index (χ1n) is 3.47. The van der Waals surface area contributed by atoms with Crippen LogP contribution in [0.1, 0.15) is 10.6 Å². The number of hydrogen-bond donors (Lipinski definition) is 1. The molecule has 0 amide bonds. The van der Waals surface area contributed by atoms with Gasteiger partial charge in [0.05, 0.1) is 0 Å². The quantitative estimate of drug-likeness (QED) is 0.652. The minimum Gasteiger partial charge on any atom is -0.508 e. The summed E-state index contributed by atoms with van der Waals surface area (Å²) < 4.78 is 5.09. The molecule has 0 saturated heterocycles. The molecule has 0 aliphatic heterocycles. The molecule has 0 bridgehead atoms. The lowest BCUT2D eigenvalue weighted by molar-refractivity contribution is 0.110. The predicted molar refractivity (Wildman–Crippen MR) is 43.3 cm³/mol. The molecule has 0 unspecified atom stereocenters. The number of furan rings is 1. The van der Waals surface area contributed by atoms with Crippen LogP contribution in [0.4, 0.5) is 0 Å². The molecule has 0 aliphatic carbocycles. The standard InChI is InChI=1S/C9H6O3/c10-5-8-4-6-3-7(11)1-2-9(6)12-8/h1-5,11H. The number of aromatic hydroxyl groups is 1. The Hall–Kier alpha value is -1.77. The van der Waals surface area contributed by atoms with Crippen LogP contribution in [0.3, 0.4) is 0 Å². The van der Waals surface area contributed by atoms with E-state index in [0.717, 1.165) is 5.39 Å². The number of phenols is 1. The minimum absolute atomic E-state index is 0.167. The van der Waals surface area contributed by atoms with Crippen molar-refractivity contribution in [1.29, 1.82) is 0 Å². The van der Waals surface area contributed by atoms with E-state index in [1.807, 2.05) is 0 Å². The van der Waals surface area contributed by atoms with Gasteiger partial charge in [0.25, 0.3) is 0 Å². The molecule has 12 heavy (non-hydrogen) atoms. The van der Waals surface area contributed by atoms with E-state index in [1.54, 1.807) is 18.2 Å². The molecule has 2 rings (SSSR count). The first-order chi connectivity index (χ1) is 5.79. The van der Waals surface area contributed by atoms with Crippen LogP contribution in [0.2, 0.25) is 0 Å². The molecule has 1 aromatic heterocycles. The second-order valence-electron chi connectivity index (χ2n) is 2.49. The summed E-state index contributed by atoms with van der Waals surface area (Å²) in [6.45, 7) is 0. The Labute approximate surface area is 68.2 Å². The minimum atomic E-state index is 0.167. The van der Waals surface area contributed by atoms with Crippen LogP contribution < -0.4 is 0 Å². The number of rotatable bonds is 1. The highest BCUT2D eigenvalue weighted by atomic mass is 16.3. The normalized spacial score (nSPS) is 10.3. The van der Waals surface area contributed by atoms with Crippen LogP contribution in [-0.4, -0.2) is 11.4 Å². The summed E-state index contributed by atoms with van der Waals surface area (Å²) in [6.07, 6.45) is 0.636. The number of carbonyl (C=O) groups is 1. The zero-order chi connectivity index (χ0) is 8.55. The van der Waals surface area contributed by atoms with Crippen LogP contribution in [-0.2, 0) is 0 Å². The average Bonchev–Trinajstić information content (AvgIpc) is 2.46. The molecule has 0 aliphatic rings. The Morgan fingerprint density at radius 2 is 2.17 bits per heavy atom. The molecule has 0 spiro atoms. The van der Waals surface area contributed by atoms with E-state index in [-0.39, 0.29) is 11.5 Å². The largest absolute Gasteiger partial charge is 0.508 e. The summed E-state index contributed by atoms with van der Waals surface area (Å²) in [7, 11) is 0. The lowest BCUT2D eigenvalue weighted by atomic mass is 10.2. The molecule has 0 atom stereocenters. The molecule has 0 radical (unpaired) electrons. The highest BCUT2D eigenvalue weighted by molar-refractivity contribution is 5.85. The van der Waals surface area contributed by atoms with Crippen molar-refractivity contribution in [3.8, 4) is 5.75 Å². The van der Waals surface area contributed by atoms with Gasteiger partial charge in [-0.3, -0.25) is 4.79 Å². The monoisotopic (exact) mass is 162 g/mol. The van der Waals surface area contributed by atoms with Gasteiger partial charge in [-0.15, -0.1) is 0 Å². The molecule has 3 nitrogen and oxygen atoms in total. The Bertz CT molecular complexity index is 428. The van der Waals surface area contributed by atoms with Crippen molar-refractivity contribution in [2.75, 3.05) is 0 Å². The Kier molecular flexibility index (Phi) is 1.37. The van der Waals surface area contributed by atoms with Crippen molar-refractivity contribution in [2.45, 2.75) is 0 Å². The Balaban J connectivity index is 2.75.